The number of carbonyl (C=O) groups is 1. The van der Waals surface area contributed by atoms with Crippen LogP contribution in [-0.2, 0) is 12.8 Å². The molecule has 1 N–H and O–H groups in total. The van der Waals surface area contributed by atoms with Gasteiger partial charge in [-0.2, -0.15) is 0 Å². The summed E-state index contributed by atoms with van der Waals surface area (Å²) >= 11 is 0. The van der Waals surface area contributed by atoms with Crippen molar-refractivity contribution < 1.29 is 19.4 Å². The molecule has 17 heavy (non-hydrogen) atoms. The molecule has 0 atom stereocenters. The van der Waals surface area contributed by atoms with Crippen LogP contribution < -0.4 is 9.47 Å². The van der Waals surface area contributed by atoms with E-state index in [9.17, 15) is 9.90 Å². The number of benzene rings is 1. The van der Waals surface area contributed by atoms with Gasteiger partial charge in [0.15, 0.2) is 11.5 Å². The maximum Gasteiger partial charge on any atom is 0.339 e. The smallest absolute Gasteiger partial charge is 0.339 e. The number of carboxylic acid groups (broad SMARTS) is 1. The van der Waals surface area contributed by atoms with Gasteiger partial charge in [0, 0.05) is 0 Å². The minimum atomic E-state index is -0.945. The third kappa shape index (κ3) is 1.95. The highest BCUT2D eigenvalue weighted by Crippen LogP contribution is 2.38. The Morgan fingerprint density at radius 3 is 2.53 bits per heavy atom. The molecule has 0 bridgehead atoms. The summed E-state index contributed by atoms with van der Waals surface area (Å²) < 4.78 is 10.4. The third-order valence-corrected chi connectivity index (χ3v) is 3.21. The zero-order valence-corrected chi connectivity index (χ0v) is 10.1. The third-order valence-electron chi connectivity index (χ3n) is 3.21. The van der Waals surface area contributed by atoms with Crippen molar-refractivity contribution in [3.63, 3.8) is 0 Å². The highest BCUT2D eigenvalue weighted by molar-refractivity contribution is 5.94. The Morgan fingerprint density at radius 1 is 1.24 bits per heavy atom. The Labute approximate surface area is 100 Å². The van der Waals surface area contributed by atoms with Gasteiger partial charge < -0.3 is 14.6 Å². The number of ether oxygens (including phenoxy) is 2. The molecule has 0 radical (unpaired) electrons. The second-order valence-electron chi connectivity index (χ2n) is 4.14. The lowest BCUT2D eigenvalue weighted by Gasteiger charge is -2.21. The molecular formula is C13H16O4. The van der Waals surface area contributed by atoms with Crippen molar-refractivity contribution >= 4 is 5.97 Å². The van der Waals surface area contributed by atoms with Crippen molar-refractivity contribution in [2.24, 2.45) is 0 Å². The Morgan fingerprint density at radius 2 is 1.94 bits per heavy atom. The predicted molar refractivity (Wildman–Crippen MR) is 63.1 cm³/mol. The van der Waals surface area contributed by atoms with E-state index in [4.69, 9.17) is 9.47 Å². The first-order chi connectivity index (χ1) is 8.19. The van der Waals surface area contributed by atoms with Gasteiger partial charge in [0.05, 0.1) is 14.2 Å². The van der Waals surface area contributed by atoms with Crippen LogP contribution in [0, 0.1) is 0 Å². The molecule has 1 aromatic rings. The molecule has 4 heteroatoms. The molecule has 92 valence electrons. The number of aryl methyl sites for hydroxylation is 1. The van der Waals surface area contributed by atoms with E-state index in [0.29, 0.717) is 11.5 Å². The largest absolute Gasteiger partial charge is 0.493 e. The second kappa shape index (κ2) is 4.65. The maximum absolute atomic E-state index is 11.4. The summed E-state index contributed by atoms with van der Waals surface area (Å²) in [4.78, 5) is 11.4. The molecule has 0 unspecified atom stereocenters. The van der Waals surface area contributed by atoms with E-state index in [0.717, 1.165) is 36.8 Å². The number of methoxy groups -OCH3 is 2. The molecule has 0 heterocycles. The summed E-state index contributed by atoms with van der Waals surface area (Å²) in [5, 5.41) is 9.34. The average Bonchev–Trinajstić information content (AvgIpc) is 2.35. The number of hydrogen-bond donors (Lipinski definition) is 1. The van der Waals surface area contributed by atoms with Crippen molar-refractivity contribution in [1.82, 2.24) is 0 Å². The average molecular weight is 236 g/mol. The quantitative estimate of drug-likeness (QED) is 0.874. The van der Waals surface area contributed by atoms with Crippen LogP contribution in [0.1, 0.15) is 34.3 Å². The molecule has 1 aliphatic rings. The summed E-state index contributed by atoms with van der Waals surface area (Å²) in [6, 6.07) is 1.90. The van der Waals surface area contributed by atoms with Crippen molar-refractivity contribution in [2.45, 2.75) is 25.7 Å². The van der Waals surface area contributed by atoms with Gasteiger partial charge in [0.2, 0.25) is 0 Å². The van der Waals surface area contributed by atoms with Crippen LogP contribution in [0.5, 0.6) is 11.5 Å². The number of fused-ring (bicyclic) bond motifs is 1. The standard InChI is InChI=1S/C13H16O4/c1-16-10-7-8-5-3-4-6-9(8)11(13(14)15)12(10)17-2/h7H,3-6H2,1-2H3,(H,14,15). The molecule has 0 saturated heterocycles. The Kier molecular flexibility index (Phi) is 3.22. The van der Waals surface area contributed by atoms with E-state index < -0.39 is 5.97 Å². The van der Waals surface area contributed by atoms with Crippen LogP contribution in [0.3, 0.4) is 0 Å². The van der Waals surface area contributed by atoms with Gasteiger partial charge in [0.25, 0.3) is 0 Å². The molecular weight excluding hydrogens is 220 g/mol. The molecule has 0 aromatic heterocycles. The zero-order chi connectivity index (χ0) is 12.4. The molecule has 2 rings (SSSR count). The number of aromatic carboxylic acids is 1. The Balaban J connectivity index is 2.69. The lowest BCUT2D eigenvalue weighted by Crippen LogP contribution is -2.13. The van der Waals surface area contributed by atoms with Gasteiger partial charge in [-0.05, 0) is 42.9 Å². The highest BCUT2D eigenvalue weighted by atomic mass is 16.5. The summed E-state index contributed by atoms with van der Waals surface area (Å²) in [7, 11) is 3.00. The molecule has 4 nitrogen and oxygen atoms in total. The predicted octanol–water partition coefficient (Wildman–Crippen LogP) is 2.28. The Bertz CT molecular complexity index is 437. The van der Waals surface area contributed by atoms with Crippen LogP contribution >= 0.6 is 0 Å². The number of carboxylic acids is 1. The monoisotopic (exact) mass is 236 g/mol. The first-order valence-corrected chi connectivity index (χ1v) is 5.69. The van der Waals surface area contributed by atoms with Gasteiger partial charge >= 0.3 is 5.97 Å². The minimum absolute atomic E-state index is 0.265. The molecule has 1 aromatic carbocycles. The van der Waals surface area contributed by atoms with Gasteiger partial charge in [-0.25, -0.2) is 4.79 Å². The molecule has 0 aliphatic heterocycles. The van der Waals surface area contributed by atoms with Crippen LogP contribution in [0.4, 0.5) is 0 Å². The van der Waals surface area contributed by atoms with Crippen LogP contribution in [0.25, 0.3) is 0 Å². The normalized spacial score (nSPS) is 14.0. The van der Waals surface area contributed by atoms with Gasteiger partial charge in [-0.15, -0.1) is 0 Å². The Hall–Kier alpha value is -1.71. The molecule has 0 amide bonds. The zero-order valence-electron chi connectivity index (χ0n) is 10.1. The lowest BCUT2D eigenvalue weighted by atomic mass is 9.87. The fraction of sp³-hybridized carbons (Fsp3) is 0.462. The lowest BCUT2D eigenvalue weighted by molar-refractivity contribution is 0.0691. The van der Waals surface area contributed by atoms with Gasteiger partial charge in [0.1, 0.15) is 5.56 Å². The van der Waals surface area contributed by atoms with Crippen molar-refractivity contribution in [3.05, 3.63) is 22.8 Å². The first kappa shape index (κ1) is 11.8. The van der Waals surface area contributed by atoms with Crippen LogP contribution in [0.2, 0.25) is 0 Å². The maximum atomic E-state index is 11.4. The molecule has 0 spiro atoms. The fourth-order valence-corrected chi connectivity index (χ4v) is 2.44. The minimum Gasteiger partial charge on any atom is -0.493 e. The molecule has 0 saturated carbocycles. The van der Waals surface area contributed by atoms with Gasteiger partial charge in [-0.3, -0.25) is 0 Å². The molecule has 1 aliphatic carbocycles. The van der Waals surface area contributed by atoms with Crippen molar-refractivity contribution in [1.29, 1.82) is 0 Å². The second-order valence-corrected chi connectivity index (χ2v) is 4.14. The van der Waals surface area contributed by atoms with Crippen LogP contribution in [0.15, 0.2) is 6.07 Å². The fourth-order valence-electron chi connectivity index (χ4n) is 2.44. The topological polar surface area (TPSA) is 55.8 Å². The van der Waals surface area contributed by atoms with Gasteiger partial charge in [-0.1, -0.05) is 0 Å². The van der Waals surface area contributed by atoms with E-state index in [-0.39, 0.29) is 5.56 Å². The number of hydrogen-bond acceptors (Lipinski definition) is 3. The van der Waals surface area contributed by atoms with E-state index in [1.54, 1.807) is 0 Å². The highest BCUT2D eigenvalue weighted by Gasteiger charge is 2.25. The SMILES string of the molecule is COc1cc2c(c(C(=O)O)c1OC)CCCC2. The van der Waals surface area contributed by atoms with E-state index in [1.165, 1.54) is 14.2 Å². The van der Waals surface area contributed by atoms with E-state index >= 15 is 0 Å². The first-order valence-electron chi connectivity index (χ1n) is 5.69. The van der Waals surface area contributed by atoms with E-state index in [2.05, 4.69) is 0 Å². The summed E-state index contributed by atoms with van der Waals surface area (Å²) in [5.74, 6) is -0.106. The van der Waals surface area contributed by atoms with Crippen LogP contribution in [-0.4, -0.2) is 25.3 Å². The summed E-state index contributed by atoms with van der Waals surface area (Å²) in [6.45, 7) is 0. The summed E-state index contributed by atoms with van der Waals surface area (Å²) in [5.41, 5.74) is 2.24. The summed E-state index contributed by atoms with van der Waals surface area (Å²) in [6.07, 6.45) is 3.84. The van der Waals surface area contributed by atoms with Crippen molar-refractivity contribution in [2.75, 3.05) is 14.2 Å². The number of rotatable bonds is 3. The van der Waals surface area contributed by atoms with E-state index in [1.807, 2.05) is 6.07 Å². The molecule has 0 fully saturated rings. The van der Waals surface area contributed by atoms with Crippen molar-refractivity contribution in [3.8, 4) is 11.5 Å².